The van der Waals surface area contributed by atoms with Crippen molar-refractivity contribution in [3.05, 3.63) is 30.3 Å². The molecule has 2 aromatic rings. The van der Waals surface area contributed by atoms with E-state index in [1.807, 2.05) is 18.2 Å². The maximum atomic E-state index is 5.87. The Bertz CT molecular complexity index is 644. The number of nitrogens with zero attached hydrogens (tertiary/aromatic N) is 4. The van der Waals surface area contributed by atoms with Gasteiger partial charge < -0.3 is 15.5 Å². The van der Waals surface area contributed by atoms with Crippen LogP contribution in [0.5, 0.6) is 0 Å². The number of aromatic nitrogens is 2. The van der Waals surface area contributed by atoms with Crippen molar-refractivity contribution >= 4 is 28.7 Å². The van der Waals surface area contributed by atoms with Crippen LogP contribution in [0.1, 0.15) is 5.56 Å². The number of piperazine rings is 1. The SMILES string of the molecule is C=Cc1ccc2c(N3CCN(C)CC3)nc(N)nc2c1. The van der Waals surface area contributed by atoms with Gasteiger partial charge in [0.25, 0.3) is 0 Å². The molecule has 1 fully saturated rings. The van der Waals surface area contributed by atoms with Gasteiger partial charge in [0.15, 0.2) is 0 Å². The summed E-state index contributed by atoms with van der Waals surface area (Å²) in [5.41, 5.74) is 7.79. The van der Waals surface area contributed by atoms with Gasteiger partial charge in [-0.25, -0.2) is 4.98 Å². The topological polar surface area (TPSA) is 58.3 Å². The largest absolute Gasteiger partial charge is 0.368 e. The molecule has 1 aromatic carbocycles. The van der Waals surface area contributed by atoms with Gasteiger partial charge in [0.1, 0.15) is 5.82 Å². The molecule has 2 N–H and O–H groups in total. The van der Waals surface area contributed by atoms with Crippen LogP contribution in [0.15, 0.2) is 24.8 Å². The summed E-state index contributed by atoms with van der Waals surface area (Å²) in [7, 11) is 2.14. The molecule has 0 bridgehead atoms. The highest BCUT2D eigenvalue weighted by atomic mass is 15.3. The van der Waals surface area contributed by atoms with Crippen LogP contribution in [0.4, 0.5) is 11.8 Å². The van der Waals surface area contributed by atoms with Crippen LogP contribution in [0.25, 0.3) is 17.0 Å². The third-order valence-electron chi connectivity index (χ3n) is 3.76. The first-order valence-electron chi connectivity index (χ1n) is 6.80. The number of hydrogen-bond donors (Lipinski definition) is 1. The van der Waals surface area contributed by atoms with E-state index >= 15 is 0 Å². The highest BCUT2D eigenvalue weighted by molar-refractivity contribution is 5.91. The maximum absolute atomic E-state index is 5.87. The lowest BCUT2D eigenvalue weighted by atomic mass is 10.1. The van der Waals surface area contributed by atoms with E-state index in [0.29, 0.717) is 5.95 Å². The van der Waals surface area contributed by atoms with Crippen LogP contribution in [0.3, 0.4) is 0 Å². The van der Waals surface area contributed by atoms with E-state index in [2.05, 4.69) is 39.5 Å². The van der Waals surface area contributed by atoms with Gasteiger partial charge in [0.2, 0.25) is 5.95 Å². The maximum Gasteiger partial charge on any atom is 0.222 e. The first-order chi connectivity index (χ1) is 9.67. The van der Waals surface area contributed by atoms with Crippen molar-refractivity contribution in [3.8, 4) is 0 Å². The Balaban J connectivity index is 2.07. The third kappa shape index (κ3) is 2.32. The normalized spacial score (nSPS) is 16.6. The van der Waals surface area contributed by atoms with Crippen molar-refractivity contribution in [3.63, 3.8) is 0 Å². The molecule has 1 saturated heterocycles. The summed E-state index contributed by atoms with van der Waals surface area (Å²) in [5.74, 6) is 1.27. The Morgan fingerprint density at radius 1 is 1.20 bits per heavy atom. The van der Waals surface area contributed by atoms with Crippen molar-refractivity contribution in [2.45, 2.75) is 0 Å². The summed E-state index contributed by atoms with van der Waals surface area (Å²) in [5, 5.41) is 1.05. The van der Waals surface area contributed by atoms with Gasteiger partial charge in [0, 0.05) is 31.6 Å². The third-order valence-corrected chi connectivity index (χ3v) is 3.76. The summed E-state index contributed by atoms with van der Waals surface area (Å²) >= 11 is 0. The summed E-state index contributed by atoms with van der Waals surface area (Å²) in [6.07, 6.45) is 1.81. The first-order valence-corrected chi connectivity index (χ1v) is 6.80. The number of nitrogens with two attached hydrogens (primary N) is 1. The van der Waals surface area contributed by atoms with Gasteiger partial charge in [-0.3, -0.25) is 0 Å². The zero-order valence-electron chi connectivity index (χ0n) is 11.7. The minimum absolute atomic E-state index is 0.327. The molecule has 5 nitrogen and oxygen atoms in total. The second-order valence-electron chi connectivity index (χ2n) is 5.18. The van der Waals surface area contributed by atoms with Crippen molar-refractivity contribution in [2.75, 3.05) is 43.9 Å². The van der Waals surface area contributed by atoms with Crippen LogP contribution in [-0.2, 0) is 0 Å². The fraction of sp³-hybridized carbons (Fsp3) is 0.333. The van der Waals surface area contributed by atoms with Gasteiger partial charge in [0.05, 0.1) is 5.52 Å². The number of benzene rings is 1. The molecule has 0 radical (unpaired) electrons. The molecule has 1 aromatic heterocycles. The van der Waals surface area contributed by atoms with Crippen LogP contribution >= 0.6 is 0 Å². The number of likely N-dealkylation sites (N-methyl/N-ethyl adjacent to an activating group) is 1. The molecular weight excluding hydrogens is 250 g/mol. The second kappa shape index (κ2) is 5.09. The summed E-state index contributed by atoms with van der Waals surface area (Å²) in [4.78, 5) is 13.4. The Morgan fingerprint density at radius 2 is 1.95 bits per heavy atom. The molecule has 0 spiro atoms. The Hall–Kier alpha value is -2.14. The summed E-state index contributed by atoms with van der Waals surface area (Å²) < 4.78 is 0. The van der Waals surface area contributed by atoms with E-state index in [4.69, 9.17) is 5.73 Å². The predicted octanol–water partition coefficient (Wildman–Crippen LogP) is 1.61. The zero-order valence-corrected chi connectivity index (χ0v) is 11.7. The van der Waals surface area contributed by atoms with Gasteiger partial charge >= 0.3 is 0 Å². The van der Waals surface area contributed by atoms with E-state index in [-0.39, 0.29) is 0 Å². The highest BCUT2D eigenvalue weighted by Crippen LogP contribution is 2.26. The van der Waals surface area contributed by atoms with Crippen LogP contribution in [0.2, 0.25) is 0 Å². The van der Waals surface area contributed by atoms with Gasteiger partial charge in [-0.05, 0) is 24.7 Å². The van der Waals surface area contributed by atoms with Gasteiger partial charge in [-0.2, -0.15) is 4.98 Å². The van der Waals surface area contributed by atoms with E-state index in [1.54, 1.807) is 0 Å². The fourth-order valence-corrected chi connectivity index (χ4v) is 2.53. The molecule has 0 aliphatic carbocycles. The minimum Gasteiger partial charge on any atom is -0.368 e. The van der Waals surface area contributed by atoms with Crippen molar-refractivity contribution in [1.82, 2.24) is 14.9 Å². The average Bonchev–Trinajstić information content (AvgIpc) is 2.46. The monoisotopic (exact) mass is 269 g/mol. The molecule has 2 heterocycles. The number of fused-ring (bicyclic) bond motifs is 1. The molecule has 0 unspecified atom stereocenters. The standard InChI is InChI=1S/C15H19N5/c1-3-11-4-5-12-13(10-11)17-15(16)18-14(12)20-8-6-19(2)7-9-20/h3-5,10H,1,6-9H2,2H3,(H2,16,17,18). The molecule has 20 heavy (non-hydrogen) atoms. The molecule has 3 rings (SSSR count). The van der Waals surface area contributed by atoms with Crippen molar-refractivity contribution in [2.24, 2.45) is 0 Å². The zero-order chi connectivity index (χ0) is 14.1. The van der Waals surface area contributed by atoms with Crippen LogP contribution in [-0.4, -0.2) is 48.1 Å². The summed E-state index contributed by atoms with van der Waals surface area (Å²) in [6.45, 7) is 7.79. The van der Waals surface area contributed by atoms with Gasteiger partial charge in [-0.1, -0.05) is 18.7 Å². The lowest BCUT2D eigenvalue weighted by Gasteiger charge is -2.33. The average molecular weight is 269 g/mol. The van der Waals surface area contributed by atoms with Crippen LogP contribution in [0, 0.1) is 0 Å². The molecule has 1 aliphatic heterocycles. The van der Waals surface area contributed by atoms with Crippen molar-refractivity contribution < 1.29 is 0 Å². The fourth-order valence-electron chi connectivity index (χ4n) is 2.53. The van der Waals surface area contributed by atoms with Crippen LogP contribution < -0.4 is 10.6 Å². The number of anilines is 2. The minimum atomic E-state index is 0.327. The number of rotatable bonds is 2. The van der Waals surface area contributed by atoms with Crippen molar-refractivity contribution in [1.29, 1.82) is 0 Å². The molecule has 0 saturated carbocycles. The van der Waals surface area contributed by atoms with E-state index < -0.39 is 0 Å². The number of nitrogen functional groups attached to an aromatic ring is 1. The Morgan fingerprint density at radius 3 is 2.65 bits per heavy atom. The molecule has 1 aliphatic rings. The first kappa shape index (κ1) is 12.9. The second-order valence-corrected chi connectivity index (χ2v) is 5.18. The van der Waals surface area contributed by atoms with Gasteiger partial charge in [-0.15, -0.1) is 0 Å². The molecule has 0 atom stereocenters. The molecular formula is C15H19N5. The lowest BCUT2D eigenvalue weighted by Crippen LogP contribution is -2.45. The predicted molar refractivity (Wildman–Crippen MR) is 83.8 cm³/mol. The number of hydrogen-bond acceptors (Lipinski definition) is 5. The Kier molecular flexibility index (Phi) is 3.28. The Labute approximate surface area is 118 Å². The van der Waals surface area contributed by atoms with E-state index in [0.717, 1.165) is 48.5 Å². The highest BCUT2D eigenvalue weighted by Gasteiger charge is 2.18. The van der Waals surface area contributed by atoms with E-state index in [9.17, 15) is 0 Å². The lowest BCUT2D eigenvalue weighted by molar-refractivity contribution is 0.312. The smallest absolute Gasteiger partial charge is 0.222 e. The molecule has 104 valence electrons. The molecule has 5 heteroatoms. The quantitative estimate of drug-likeness (QED) is 0.897. The van der Waals surface area contributed by atoms with E-state index in [1.165, 1.54) is 0 Å². The molecule has 0 amide bonds. The summed E-state index contributed by atoms with van der Waals surface area (Å²) in [6, 6.07) is 6.09.